The summed E-state index contributed by atoms with van der Waals surface area (Å²) < 4.78 is 5.24. The molecule has 0 heterocycles. The van der Waals surface area contributed by atoms with Crippen LogP contribution >= 0.6 is 0 Å². The van der Waals surface area contributed by atoms with Crippen molar-refractivity contribution in [2.75, 3.05) is 20.2 Å². The highest BCUT2D eigenvalue weighted by Crippen LogP contribution is 2.15. The Bertz CT molecular complexity index is 433. The van der Waals surface area contributed by atoms with Gasteiger partial charge in [0.15, 0.2) is 0 Å². The molecule has 0 saturated carbocycles. The highest BCUT2D eigenvalue weighted by molar-refractivity contribution is 5.79. The molecule has 0 aliphatic carbocycles. The number of benzene rings is 1. The summed E-state index contributed by atoms with van der Waals surface area (Å²) in [6.07, 6.45) is 0.563. The van der Waals surface area contributed by atoms with Crippen LogP contribution in [0, 0.1) is 5.92 Å². The molecule has 1 rings (SSSR count). The van der Waals surface area contributed by atoms with Gasteiger partial charge in [-0.25, -0.2) is 0 Å². The summed E-state index contributed by atoms with van der Waals surface area (Å²) >= 11 is 0. The predicted octanol–water partition coefficient (Wildman–Crippen LogP) is 2.29. The van der Waals surface area contributed by atoms with Crippen molar-refractivity contribution >= 4 is 5.84 Å². The molecule has 0 saturated heterocycles. The molecule has 20 heavy (non-hydrogen) atoms. The molecule has 0 aliphatic rings. The Hall–Kier alpha value is -1.75. The third-order valence-electron chi connectivity index (χ3n) is 2.98. The highest BCUT2D eigenvalue weighted by Gasteiger charge is 2.10. The van der Waals surface area contributed by atoms with E-state index in [-0.39, 0.29) is 5.84 Å². The number of hydrogen-bond acceptors (Lipinski definition) is 4. The van der Waals surface area contributed by atoms with Crippen LogP contribution in [0.5, 0.6) is 5.75 Å². The van der Waals surface area contributed by atoms with Crippen LogP contribution in [0.3, 0.4) is 0 Å². The molecule has 0 radical (unpaired) electrons. The molecule has 0 bridgehead atoms. The van der Waals surface area contributed by atoms with Crippen LogP contribution in [0.15, 0.2) is 29.4 Å². The van der Waals surface area contributed by atoms with Gasteiger partial charge in [-0.15, -0.1) is 0 Å². The van der Waals surface area contributed by atoms with Crippen LogP contribution in [0.25, 0.3) is 0 Å². The molecule has 0 amide bonds. The summed E-state index contributed by atoms with van der Waals surface area (Å²) in [6.45, 7) is 6.93. The van der Waals surface area contributed by atoms with Gasteiger partial charge in [0.2, 0.25) is 0 Å². The third kappa shape index (κ3) is 5.93. The third-order valence-corrected chi connectivity index (χ3v) is 2.98. The molecule has 112 valence electrons. The molecular formula is C15H25N3O2. The van der Waals surface area contributed by atoms with Gasteiger partial charge in [-0.2, -0.15) is 0 Å². The maximum Gasteiger partial charge on any atom is 0.140 e. The fourth-order valence-corrected chi connectivity index (χ4v) is 2.10. The minimum atomic E-state index is 0.268. The van der Waals surface area contributed by atoms with Gasteiger partial charge >= 0.3 is 0 Å². The summed E-state index contributed by atoms with van der Waals surface area (Å²) in [5.74, 6) is 1.70. The van der Waals surface area contributed by atoms with E-state index in [4.69, 9.17) is 15.7 Å². The van der Waals surface area contributed by atoms with Gasteiger partial charge in [0.1, 0.15) is 11.6 Å². The minimum absolute atomic E-state index is 0.268. The smallest absolute Gasteiger partial charge is 0.140 e. The van der Waals surface area contributed by atoms with Gasteiger partial charge < -0.3 is 15.7 Å². The van der Waals surface area contributed by atoms with Crippen molar-refractivity contribution in [3.05, 3.63) is 29.8 Å². The minimum Gasteiger partial charge on any atom is -0.497 e. The molecule has 3 N–H and O–H groups in total. The Morgan fingerprint density at radius 3 is 2.80 bits per heavy atom. The number of nitrogens with two attached hydrogens (primary N) is 1. The van der Waals surface area contributed by atoms with Gasteiger partial charge in [-0.1, -0.05) is 31.1 Å². The second-order valence-corrected chi connectivity index (χ2v) is 5.32. The molecule has 0 atom stereocenters. The van der Waals surface area contributed by atoms with Gasteiger partial charge in [-0.3, -0.25) is 4.90 Å². The van der Waals surface area contributed by atoms with Gasteiger partial charge in [0.05, 0.1) is 7.11 Å². The molecule has 0 fully saturated rings. The largest absolute Gasteiger partial charge is 0.497 e. The Morgan fingerprint density at radius 2 is 2.20 bits per heavy atom. The quantitative estimate of drug-likeness (QED) is 0.331. The second-order valence-electron chi connectivity index (χ2n) is 5.32. The zero-order chi connectivity index (χ0) is 15.0. The van der Waals surface area contributed by atoms with Crippen LogP contribution in [-0.2, 0) is 6.54 Å². The first-order valence-corrected chi connectivity index (χ1v) is 6.86. The van der Waals surface area contributed by atoms with Gasteiger partial charge in [-0.05, 0) is 23.6 Å². The standard InChI is InChI=1S/C15H25N3O2/c1-12(2)10-18(8-7-15(16)17-19)11-13-5-4-6-14(9-13)20-3/h4-6,9,12,19H,7-8,10-11H2,1-3H3,(H2,16,17). The summed E-state index contributed by atoms with van der Waals surface area (Å²) in [5, 5.41) is 11.6. The number of hydrogen-bond donors (Lipinski definition) is 2. The van der Waals surface area contributed by atoms with Crippen molar-refractivity contribution in [3.63, 3.8) is 0 Å². The van der Waals surface area contributed by atoms with E-state index >= 15 is 0 Å². The van der Waals surface area contributed by atoms with Crippen molar-refractivity contribution < 1.29 is 9.94 Å². The molecule has 0 aliphatic heterocycles. The van der Waals surface area contributed by atoms with E-state index in [2.05, 4.69) is 30.0 Å². The lowest BCUT2D eigenvalue weighted by Crippen LogP contribution is -2.31. The zero-order valence-electron chi connectivity index (χ0n) is 12.5. The van der Waals surface area contributed by atoms with E-state index in [0.717, 1.165) is 25.4 Å². The SMILES string of the molecule is COc1cccc(CN(CCC(N)=NO)CC(C)C)c1. The monoisotopic (exact) mass is 279 g/mol. The van der Waals surface area contributed by atoms with Crippen molar-refractivity contribution in [1.29, 1.82) is 0 Å². The Balaban J connectivity index is 2.67. The summed E-state index contributed by atoms with van der Waals surface area (Å²) in [5.41, 5.74) is 6.74. The lowest BCUT2D eigenvalue weighted by molar-refractivity contribution is 0.240. The first-order chi connectivity index (χ1) is 9.55. The molecule has 1 aromatic rings. The van der Waals surface area contributed by atoms with Crippen molar-refractivity contribution in [2.45, 2.75) is 26.8 Å². The average molecular weight is 279 g/mol. The average Bonchev–Trinajstić information content (AvgIpc) is 2.44. The van der Waals surface area contributed by atoms with E-state index in [0.29, 0.717) is 12.3 Å². The number of amidine groups is 1. The first-order valence-electron chi connectivity index (χ1n) is 6.86. The van der Waals surface area contributed by atoms with E-state index in [1.54, 1.807) is 7.11 Å². The van der Waals surface area contributed by atoms with Gasteiger partial charge in [0.25, 0.3) is 0 Å². The number of methoxy groups -OCH3 is 1. The van der Waals surface area contributed by atoms with E-state index in [1.807, 2.05) is 18.2 Å². The van der Waals surface area contributed by atoms with E-state index < -0.39 is 0 Å². The maximum atomic E-state index is 8.62. The normalized spacial score (nSPS) is 12.2. The molecule has 0 spiro atoms. The number of rotatable bonds is 8. The van der Waals surface area contributed by atoms with Gasteiger partial charge in [0, 0.05) is 26.1 Å². The number of nitrogens with zero attached hydrogens (tertiary/aromatic N) is 2. The van der Waals surface area contributed by atoms with Crippen LogP contribution in [-0.4, -0.2) is 36.1 Å². The zero-order valence-corrected chi connectivity index (χ0v) is 12.5. The molecule has 5 nitrogen and oxygen atoms in total. The molecule has 5 heteroatoms. The van der Waals surface area contributed by atoms with Crippen molar-refractivity contribution in [1.82, 2.24) is 4.90 Å². The lowest BCUT2D eigenvalue weighted by atomic mass is 10.1. The Kier molecular flexibility index (Phi) is 6.87. The summed E-state index contributed by atoms with van der Waals surface area (Å²) in [4.78, 5) is 2.30. The summed E-state index contributed by atoms with van der Waals surface area (Å²) in [6, 6.07) is 8.05. The second kappa shape index (κ2) is 8.43. The molecular weight excluding hydrogens is 254 g/mol. The van der Waals surface area contributed by atoms with E-state index in [9.17, 15) is 0 Å². The van der Waals surface area contributed by atoms with Crippen molar-refractivity contribution in [2.24, 2.45) is 16.8 Å². The fourth-order valence-electron chi connectivity index (χ4n) is 2.10. The Morgan fingerprint density at radius 1 is 1.45 bits per heavy atom. The lowest BCUT2D eigenvalue weighted by Gasteiger charge is -2.24. The first kappa shape index (κ1) is 16.3. The molecule has 1 aromatic carbocycles. The molecule has 0 aromatic heterocycles. The predicted molar refractivity (Wildman–Crippen MR) is 81.1 cm³/mol. The number of oxime groups is 1. The molecule has 0 unspecified atom stereocenters. The number of ether oxygens (including phenoxy) is 1. The highest BCUT2D eigenvalue weighted by atomic mass is 16.5. The van der Waals surface area contributed by atoms with Crippen LogP contribution in [0.1, 0.15) is 25.8 Å². The Labute approximate surface area is 121 Å². The fraction of sp³-hybridized carbons (Fsp3) is 0.533. The topological polar surface area (TPSA) is 71.1 Å². The van der Waals surface area contributed by atoms with Crippen molar-refractivity contribution in [3.8, 4) is 5.75 Å². The van der Waals surface area contributed by atoms with Crippen LogP contribution < -0.4 is 10.5 Å². The van der Waals surface area contributed by atoms with Crippen LogP contribution in [0.2, 0.25) is 0 Å². The maximum absolute atomic E-state index is 8.62. The summed E-state index contributed by atoms with van der Waals surface area (Å²) in [7, 11) is 1.67. The van der Waals surface area contributed by atoms with E-state index in [1.165, 1.54) is 5.56 Å². The van der Waals surface area contributed by atoms with Crippen LogP contribution in [0.4, 0.5) is 0 Å².